The minimum absolute atomic E-state index is 0.0618. The fourth-order valence-corrected chi connectivity index (χ4v) is 5.55. The number of nitrogen functional groups attached to an aromatic ring is 1. The van der Waals surface area contributed by atoms with E-state index in [1.807, 2.05) is 13.8 Å². The Labute approximate surface area is 176 Å². The molecular weight excluding hydrogens is 413 g/mol. The molecular formula is C18H32N5O4PS. The van der Waals surface area contributed by atoms with Crippen LogP contribution in [0.2, 0.25) is 0 Å². The number of aliphatic hydroxyl groups is 1. The summed E-state index contributed by atoms with van der Waals surface area (Å²) in [6, 6.07) is 0. The van der Waals surface area contributed by atoms with Gasteiger partial charge in [-0.3, -0.25) is 4.57 Å². The predicted octanol–water partition coefficient (Wildman–Crippen LogP) is 2.70. The molecule has 0 saturated carbocycles. The molecule has 0 aromatic carbocycles. The van der Waals surface area contributed by atoms with Crippen molar-refractivity contribution >= 4 is 35.3 Å². The minimum atomic E-state index is -2.89. The summed E-state index contributed by atoms with van der Waals surface area (Å²) < 4.78 is 13.5. The Morgan fingerprint density at radius 2 is 1.97 bits per heavy atom. The number of hydrogen-bond acceptors (Lipinski definition) is 8. The largest absolute Gasteiger partial charge is 0.392 e. The summed E-state index contributed by atoms with van der Waals surface area (Å²) in [5.41, 5.74) is 6.70. The van der Waals surface area contributed by atoms with Gasteiger partial charge in [-0.1, -0.05) is 34.6 Å². The van der Waals surface area contributed by atoms with Gasteiger partial charge in [0.25, 0.3) is 0 Å². The third kappa shape index (κ3) is 7.24. The Morgan fingerprint density at radius 1 is 1.28 bits per heavy atom. The molecule has 2 rings (SSSR count). The van der Waals surface area contributed by atoms with Gasteiger partial charge in [0.1, 0.15) is 11.8 Å². The molecule has 9 nitrogen and oxygen atoms in total. The first kappa shape index (κ1) is 24.1. The highest BCUT2D eigenvalue weighted by atomic mass is 32.5. The minimum Gasteiger partial charge on any atom is -0.392 e. The molecule has 0 aliphatic carbocycles. The van der Waals surface area contributed by atoms with E-state index in [1.54, 1.807) is 4.57 Å². The predicted molar refractivity (Wildman–Crippen MR) is 117 cm³/mol. The van der Waals surface area contributed by atoms with Gasteiger partial charge in [0, 0.05) is 6.16 Å². The number of fused-ring (bicyclic) bond motifs is 1. The van der Waals surface area contributed by atoms with Crippen molar-refractivity contribution in [3.63, 3.8) is 0 Å². The molecule has 4 N–H and O–H groups in total. The van der Waals surface area contributed by atoms with Crippen molar-refractivity contribution in [3.8, 4) is 0 Å². The highest BCUT2D eigenvalue weighted by Crippen LogP contribution is 2.44. The Bertz CT molecular complexity index is 854. The molecule has 29 heavy (non-hydrogen) atoms. The number of nitrogens with two attached hydrogens (primary N) is 1. The number of nitrogens with zero attached hydrogens (tertiary/aromatic N) is 4. The first-order valence-corrected chi connectivity index (χ1v) is 12.4. The lowest BCUT2D eigenvalue weighted by Crippen LogP contribution is -2.30. The van der Waals surface area contributed by atoms with Crippen LogP contribution in [-0.4, -0.2) is 55.0 Å². The number of ether oxygens (including phenoxy) is 1. The molecule has 0 bridgehead atoms. The van der Waals surface area contributed by atoms with Gasteiger partial charge in [0.2, 0.25) is 0 Å². The lowest BCUT2D eigenvalue weighted by molar-refractivity contribution is -0.103. The van der Waals surface area contributed by atoms with E-state index in [9.17, 15) is 10.00 Å². The number of aliphatic hydroxyl groups excluding tert-OH is 1. The first-order chi connectivity index (χ1) is 13.4. The van der Waals surface area contributed by atoms with Crippen molar-refractivity contribution in [1.29, 1.82) is 0 Å². The smallest absolute Gasteiger partial charge is 0.186 e. The molecule has 2 heterocycles. The monoisotopic (exact) mass is 445 g/mol. The van der Waals surface area contributed by atoms with Gasteiger partial charge in [-0.2, -0.15) is 0 Å². The van der Waals surface area contributed by atoms with Crippen molar-refractivity contribution in [3.05, 3.63) is 12.7 Å². The van der Waals surface area contributed by atoms with Crippen LogP contribution in [0.1, 0.15) is 47.3 Å². The summed E-state index contributed by atoms with van der Waals surface area (Å²) in [6.07, 6.45) is 2.80. The third-order valence-corrected chi connectivity index (χ3v) is 6.61. The normalized spacial score (nSPS) is 16.8. The Balaban J connectivity index is 2.21. The first-order valence-electron chi connectivity index (χ1n) is 9.57. The van der Waals surface area contributed by atoms with Crippen molar-refractivity contribution in [2.75, 3.05) is 25.1 Å². The molecule has 0 radical (unpaired) electrons. The summed E-state index contributed by atoms with van der Waals surface area (Å²) in [7, 11) is 0. The van der Waals surface area contributed by atoms with Gasteiger partial charge in [-0.05, 0) is 29.6 Å². The second-order valence-corrected chi connectivity index (χ2v) is 12.4. The lowest BCUT2D eigenvalue weighted by Gasteiger charge is -2.31. The van der Waals surface area contributed by atoms with E-state index in [0.717, 1.165) is 0 Å². The van der Waals surface area contributed by atoms with Crippen LogP contribution in [0.3, 0.4) is 0 Å². The molecule has 2 aromatic rings. The van der Waals surface area contributed by atoms with E-state index in [0.29, 0.717) is 23.7 Å². The van der Waals surface area contributed by atoms with Crippen LogP contribution in [-0.2, 0) is 21.1 Å². The number of hydrogen-bond donors (Lipinski definition) is 3. The molecule has 0 spiro atoms. The fourth-order valence-electron chi connectivity index (χ4n) is 3.04. The topological polar surface area (TPSA) is 129 Å². The molecule has 0 aliphatic rings. The van der Waals surface area contributed by atoms with E-state index >= 15 is 0 Å². The molecule has 0 amide bonds. The molecule has 2 aromatic heterocycles. The van der Waals surface area contributed by atoms with Crippen LogP contribution < -0.4 is 5.73 Å². The molecule has 0 aliphatic heterocycles. The second kappa shape index (κ2) is 9.76. The summed E-state index contributed by atoms with van der Waals surface area (Å²) in [6.45, 7) is 7.18. The van der Waals surface area contributed by atoms with E-state index in [4.69, 9.17) is 26.8 Å². The van der Waals surface area contributed by atoms with Crippen molar-refractivity contribution in [2.24, 2.45) is 11.3 Å². The standard InChI is InChI=1S/C18H32N5O4PS/c1-12(2)9-28(25,29)26-8-13(6-18(3,4)5)27-14(7-24)23-11-22-15-16(19)20-10-21-17(15)23/h10-14,24H,6-9H2,1-5H3,(H,25,29)(H2,19,20,21)/t13-,14-,28?/m1/s1. The maximum atomic E-state index is 10.4. The zero-order valence-electron chi connectivity index (χ0n) is 17.6. The van der Waals surface area contributed by atoms with Gasteiger partial charge in [-0.15, -0.1) is 0 Å². The Morgan fingerprint density at radius 3 is 2.55 bits per heavy atom. The van der Waals surface area contributed by atoms with E-state index in [1.165, 1.54) is 12.7 Å². The van der Waals surface area contributed by atoms with Crippen molar-refractivity contribution in [1.82, 2.24) is 19.5 Å². The van der Waals surface area contributed by atoms with Crippen LogP contribution in [0.15, 0.2) is 12.7 Å². The highest BCUT2D eigenvalue weighted by molar-refractivity contribution is 8.09. The van der Waals surface area contributed by atoms with Gasteiger partial charge >= 0.3 is 0 Å². The van der Waals surface area contributed by atoms with Gasteiger partial charge in [0.05, 0.1) is 25.6 Å². The van der Waals surface area contributed by atoms with Crippen molar-refractivity contribution < 1.29 is 19.3 Å². The van der Waals surface area contributed by atoms with E-state index in [2.05, 4.69) is 35.7 Å². The zero-order chi connectivity index (χ0) is 21.8. The lowest BCUT2D eigenvalue weighted by atomic mass is 9.89. The van der Waals surface area contributed by atoms with Crippen LogP contribution in [0.5, 0.6) is 0 Å². The molecule has 164 valence electrons. The quantitative estimate of drug-likeness (QED) is 0.473. The van der Waals surface area contributed by atoms with Crippen LogP contribution in [0, 0.1) is 11.3 Å². The summed E-state index contributed by atoms with van der Waals surface area (Å²) >= 11 is 5.27. The van der Waals surface area contributed by atoms with Crippen LogP contribution in [0.25, 0.3) is 11.2 Å². The Kier molecular flexibility index (Phi) is 8.12. The average molecular weight is 446 g/mol. The van der Waals surface area contributed by atoms with Gasteiger partial charge in [-0.25, -0.2) is 15.0 Å². The third-order valence-electron chi connectivity index (χ3n) is 4.10. The fraction of sp³-hybridized carbons (Fsp3) is 0.722. The number of anilines is 1. The molecule has 11 heteroatoms. The molecule has 3 atom stereocenters. The average Bonchev–Trinajstić information content (AvgIpc) is 3.00. The van der Waals surface area contributed by atoms with E-state index in [-0.39, 0.29) is 30.4 Å². The Hall–Kier alpha value is -1.16. The number of rotatable bonds is 10. The van der Waals surface area contributed by atoms with Gasteiger partial charge < -0.3 is 25.0 Å². The zero-order valence-corrected chi connectivity index (χ0v) is 19.4. The summed E-state index contributed by atoms with van der Waals surface area (Å²) in [4.78, 5) is 22.8. The number of aromatic nitrogens is 4. The van der Waals surface area contributed by atoms with Crippen LogP contribution in [0.4, 0.5) is 5.82 Å². The second-order valence-electron chi connectivity index (χ2n) is 8.75. The highest BCUT2D eigenvalue weighted by Gasteiger charge is 2.27. The molecule has 1 unspecified atom stereocenters. The maximum Gasteiger partial charge on any atom is 0.186 e. The molecule has 0 saturated heterocycles. The molecule has 0 fully saturated rings. The summed E-state index contributed by atoms with van der Waals surface area (Å²) in [5, 5.41) is 9.97. The summed E-state index contributed by atoms with van der Waals surface area (Å²) in [5.74, 6) is 0.495. The number of imidazole rings is 1. The van der Waals surface area contributed by atoms with Crippen molar-refractivity contribution in [2.45, 2.75) is 53.4 Å². The van der Waals surface area contributed by atoms with Crippen LogP contribution >= 0.6 is 6.49 Å². The van der Waals surface area contributed by atoms with E-state index < -0.39 is 18.8 Å². The maximum absolute atomic E-state index is 10.4. The van der Waals surface area contributed by atoms with Gasteiger partial charge in [0.15, 0.2) is 24.2 Å². The SMILES string of the molecule is CC(C)CP(O)(=S)OC[C@@H](CC(C)(C)C)O[C@H](CO)n1cnc2c(N)ncnc21.